The van der Waals surface area contributed by atoms with E-state index in [2.05, 4.69) is 19.2 Å². The number of aromatic hydroxyl groups is 1. The molecule has 1 aromatic rings. The predicted molar refractivity (Wildman–Crippen MR) is 86.1 cm³/mol. The summed E-state index contributed by atoms with van der Waals surface area (Å²) in [7, 11) is 0. The quantitative estimate of drug-likeness (QED) is 0.764. The summed E-state index contributed by atoms with van der Waals surface area (Å²) in [5.41, 5.74) is 0.241. The van der Waals surface area contributed by atoms with Crippen LogP contribution in [0.25, 0.3) is 0 Å². The van der Waals surface area contributed by atoms with Gasteiger partial charge in [-0.1, -0.05) is 23.2 Å². The van der Waals surface area contributed by atoms with Gasteiger partial charge in [-0.2, -0.15) is 0 Å². The standard InChI is InChI=1S/C15H20Cl2N2O3/c1-15(2,19-3-5-22-6-4-19)9-18-14(21)10-7-11(16)13(20)12(17)8-10/h7-8,20H,3-6,9H2,1-2H3,(H,18,21)/p+1. The molecule has 122 valence electrons. The maximum Gasteiger partial charge on any atom is 0.251 e. The van der Waals surface area contributed by atoms with Crippen LogP contribution in [0.15, 0.2) is 12.1 Å². The van der Waals surface area contributed by atoms with Crippen molar-refractivity contribution >= 4 is 29.1 Å². The fourth-order valence-corrected chi connectivity index (χ4v) is 3.01. The fourth-order valence-electron chi connectivity index (χ4n) is 2.52. The Morgan fingerprint density at radius 2 is 1.86 bits per heavy atom. The summed E-state index contributed by atoms with van der Waals surface area (Å²) in [6, 6.07) is 2.82. The van der Waals surface area contributed by atoms with Gasteiger partial charge in [0.25, 0.3) is 5.91 Å². The van der Waals surface area contributed by atoms with Gasteiger partial charge in [-0.3, -0.25) is 4.79 Å². The largest absolute Gasteiger partial charge is 0.505 e. The van der Waals surface area contributed by atoms with Crippen LogP contribution < -0.4 is 10.2 Å². The van der Waals surface area contributed by atoms with E-state index < -0.39 is 0 Å². The molecule has 1 aromatic carbocycles. The number of hydrogen-bond acceptors (Lipinski definition) is 3. The second-order valence-corrected chi connectivity index (χ2v) is 6.89. The summed E-state index contributed by atoms with van der Waals surface area (Å²) in [4.78, 5) is 13.6. The van der Waals surface area contributed by atoms with Gasteiger partial charge in [-0.05, 0) is 26.0 Å². The Balaban J connectivity index is 2.00. The van der Waals surface area contributed by atoms with Gasteiger partial charge in [0.05, 0.1) is 29.8 Å². The topological polar surface area (TPSA) is 63.0 Å². The molecule has 0 unspecified atom stereocenters. The van der Waals surface area contributed by atoms with Gasteiger partial charge < -0.3 is 20.1 Å². The lowest BCUT2D eigenvalue weighted by molar-refractivity contribution is -0.954. The molecule has 1 amide bonds. The van der Waals surface area contributed by atoms with E-state index in [-0.39, 0.29) is 27.2 Å². The van der Waals surface area contributed by atoms with Crippen molar-refractivity contribution in [3.63, 3.8) is 0 Å². The number of morpholine rings is 1. The average molecular weight is 348 g/mol. The summed E-state index contributed by atoms with van der Waals surface area (Å²) < 4.78 is 5.37. The van der Waals surface area contributed by atoms with Gasteiger partial charge in [0.2, 0.25) is 0 Å². The molecule has 3 N–H and O–H groups in total. The number of halogens is 2. The number of phenolic OH excluding ortho intramolecular Hbond substituents is 1. The molecule has 0 saturated carbocycles. The maximum atomic E-state index is 12.2. The molecule has 0 aliphatic carbocycles. The van der Waals surface area contributed by atoms with Crippen LogP contribution in [0.1, 0.15) is 24.2 Å². The molecule has 0 bridgehead atoms. The summed E-state index contributed by atoms with van der Waals surface area (Å²) >= 11 is 11.7. The molecular formula is C15H21Cl2N2O3+. The van der Waals surface area contributed by atoms with Crippen LogP contribution in [0.4, 0.5) is 0 Å². The number of ether oxygens (including phenoxy) is 1. The Bertz CT molecular complexity index is 535. The lowest BCUT2D eigenvalue weighted by Crippen LogP contribution is -3.22. The van der Waals surface area contributed by atoms with Crippen LogP contribution in [0, 0.1) is 0 Å². The zero-order valence-corrected chi connectivity index (χ0v) is 14.2. The molecule has 2 rings (SSSR count). The van der Waals surface area contributed by atoms with Crippen molar-refractivity contribution in [3.05, 3.63) is 27.7 Å². The van der Waals surface area contributed by atoms with E-state index in [1.165, 1.54) is 17.0 Å². The molecule has 1 aliphatic heterocycles. The Hall–Kier alpha value is -1.01. The zero-order valence-electron chi connectivity index (χ0n) is 12.7. The molecule has 7 heteroatoms. The molecule has 1 fully saturated rings. The Kier molecular flexibility index (Phi) is 5.55. The monoisotopic (exact) mass is 347 g/mol. The van der Waals surface area contributed by atoms with Crippen molar-refractivity contribution in [2.45, 2.75) is 19.4 Å². The highest BCUT2D eigenvalue weighted by atomic mass is 35.5. The minimum atomic E-state index is -0.260. The lowest BCUT2D eigenvalue weighted by Gasteiger charge is -2.37. The number of rotatable bonds is 4. The van der Waals surface area contributed by atoms with Gasteiger partial charge in [-0.25, -0.2) is 0 Å². The third kappa shape index (κ3) is 4.04. The van der Waals surface area contributed by atoms with E-state index >= 15 is 0 Å². The summed E-state index contributed by atoms with van der Waals surface area (Å²) in [6.07, 6.45) is 0. The highest BCUT2D eigenvalue weighted by molar-refractivity contribution is 6.37. The second-order valence-electron chi connectivity index (χ2n) is 6.07. The molecule has 5 nitrogen and oxygen atoms in total. The third-order valence-corrected chi connectivity index (χ3v) is 4.60. The van der Waals surface area contributed by atoms with Gasteiger partial charge in [0.15, 0.2) is 5.75 Å². The Morgan fingerprint density at radius 1 is 1.32 bits per heavy atom. The number of carbonyl (C=O) groups is 1. The van der Waals surface area contributed by atoms with Crippen molar-refractivity contribution in [2.24, 2.45) is 0 Å². The Labute approximate surface area is 140 Å². The number of carbonyl (C=O) groups excluding carboxylic acids is 1. The molecule has 1 aliphatic rings. The van der Waals surface area contributed by atoms with E-state index in [0.717, 1.165) is 26.3 Å². The van der Waals surface area contributed by atoms with Crippen molar-refractivity contribution in [2.75, 3.05) is 32.8 Å². The number of hydrogen-bond donors (Lipinski definition) is 3. The number of phenols is 1. The van der Waals surface area contributed by atoms with Crippen LogP contribution >= 0.6 is 23.2 Å². The molecule has 1 heterocycles. The van der Waals surface area contributed by atoms with Crippen LogP contribution in [-0.4, -0.2) is 49.4 Å². The van der Waals surface area contributed by atoms with Gasteiger partial charge in [0, 0.05) is 5.56 Å². The fraction of sp³-hybridized carbons (Fsp3) is 0.533. The van der Waals surface area contributed by atoms with Crippen molar-refractivity contribution in [1.29, 1.82) is 0 Å². The molecular weight excluding hydrogens is 327 g/mol. The van der Waals surface area contributed by atoms with Gasteiger partial charge >= 0.3 is 0 Å². The lowest BCUT2D eigenvalue weighted by atomic mass is 10.0. The first-order chi connectivity index (χ1) is 10.3. The van der Waals surface area contributed by atoms with E-state index in [0.29, 0.717) is 12.1 Å². The number of benzene rings is 1. The zero-order chi connectivity index (χ0) is 16.3. The molecule has 0 atom stereocenters. The molecule has 0 radical (unpaired) electrons. The minimum Gasteiger partial charge on any atom is -0.505 e. The predicted octanol–water partition coefficient (Wildman–Crippen LogP) is 1.12. The molecule has 0 spiro atoms. The SMILES string of the molecule is CC(C)(CNC(=O)c1cc(Cl)c(O)c(Cl)c1)[NH+]1CCOCC1. The van der Waals surface area contributed by atoms with Crippen molar-refractivity contribution < 1.29 is 19.5 Å². The Morgan fingerprint density at radius 3 is 2.41 bits per heavy atom. The highest BCUT2D eigenvalue weighted by Gasteiger charge is 2.32. The van der Waals surface area contributed by atoms with Crippen LogP contribution in [-0.2, 0) is 4.74 Å². The van der Waals surface area contributed by atoms with E-state index in [9.17, 15) is 9.90 Å². The number of nitrogens with one attached hydrogen (secondary N) is 2. The van der Waals surface area contributed by atoms with E-state index in [4.69, 9.17) is 27.9 Å². The third-order valence-electron chi connectivity index (χ3n) is 4.02. The second kappa shape index (κ2) is 7.04. The maximum absolute atomic E-state index is 12.2. The summed E-state index contributed by atoms with van der Waals surface area (Å²) in [6.45, 7) is 8.11. The van der Waals surface area contributed by atoms with Gasteiger partial charge in [0.1, 0.15) is 18.6 Å². The summed E-state index contributed by atoms with van der Waals surface area (Å²) in [5, 5.41) is 12.6. The first-order valence-electron chi connectivity index (χ1n) is 7.20. The van der Waals surface area contributed by atoms with Crippen LogP contribution in [0.3, 0.4) is 0 Å². The van der Waals surface area contributed by atoms with Crippen LogP contribution in [0.5, 0.6) is 5.75 Å². The first-order valence-corrected chi connectivity index (χ1v) is 7.96. The van der Waals surface area contributed by atoms with E-state index in [1.54, 1.807) is 0 Å². The minimum absolute atomic E-state index is 0.0655. The van der Waals surface area contributed by atoms with Crippen LogP contribution in [0.2, 0.25) is 10.0 Å². The molecule has 1 saturated heterocycles. The smallest absolute Gasteiger partial charge is 0.251 e. The first kappa shape index (κ1) is 17.3. The number of quaternary nitrogens is 1. The summed E-state index contributed by atoms with van der Waals surface area (Å²) in [5.74, 6) is -0.470. The van der Waals surface area contributed by atoms with Gasteiger partial charge in [-0.15, -0.1) is 0 Å². The van der Waals surface area contributed by atoms with Crippen molar-refractivity contribution in [3.8, 4) is 5.75 Å². The average Bonchev–Trinajstić information content (AvgIpc) is 2.50. The number of amides is 1. The van der Waals surface area contributed by atoms with Crippen molar-refractivity contribution in [1.82, 2.24) is 5.32 Å². The molecule has 22 heavy (non-hydrogen) atoms. The van der Waals surface area contributed by atoms with E-state index in [1.807, 2.05) is 0 Å². The normalized spacial score (nSPS) is 16.5. The highest BCUT2D eigenvalue weighted by Crippen LogP contribution is 2.32. The molecule has 0 aromatic heterocycles.